The fourth-order valence-corrected chi connectivity index (χ4v) is 1.86. The number of amidine groups is 1. The summed E-state index contributed by atoms with van der Waals surface area (Å²) >= 11 is 0. The number of methoxy groups -OCH3 is 1. The van der Waals surface area contributed by atoms with Crippen molar-refractivity contribution >= 4 is 5.84 Å². The summed E-state index contributed by atoms with van der Waals surface area (Å²) in [5, 5.41) is 6.68. The maximum absolute atomic E-state index is 5.64. The van der Waals surface area contributed by atoms with Gasteiger partial charge in [0.1, 0.15) is 23.4 Å². The molecule has 1 aromatic rings. The van der Waals surface area contributed by atoms with Crippen LogP contribution < -0.4 is 10.6 Å². The second-order valence-corrected chi connectivity index (χ2v) is 4.02. The number of rotatable bonds is 4. The van der Waals surface area contributed by atoms with Gasteiger partial charge in [-0.1, -0.05) is 0 Å². The van der Waals surface area contributed by atoms with Gasteiger partial charge in [-0.2, -0.15) is 0 Å². The van der Waals surface area contributed by atoms with Crippen LogP contribution in [0.15, 0.2) is 21.5 Å². The molecule has 0 radical (unpaired) electrons. The molecule has 0 fully saturated rings. The number of hydrogen-bond donors (Lipinski definition) is 2. The molecule has 5 heteroatoms. The molecule has 0 saturated carbocycles. The number of aliphatic imine (C=N–C) groups is 1. The van der Waals surface area contributed by atoms with Crippen molar-refractivity contribution in [3.8, 4) is 0 Å². The van der Waals surface area contributed by atoms with Crippen LogP contribution in [0.25, 0.3) is 0 Å². The van der Waals surface area contributed by atoms with Gasteiger partial charge < -0.3 is 14.5 Å². The molecule has 1 unspecified atom stereocenters. The summed E-state index contributed by atoms with van der Waals surface area (Å²) < 4.78 is 10.7. The van der Waals surface area contributed by atoms with Gasteiger partial charge in [-0.3, -0.25) is 10.3 Å². The first-order chi connectivity index (χ1) is 8.31. The van der Waals surface area contributed by atoms with Crippen molar-refractivity contribution in [2.75, 3.05) is 33.4 Å². The van der Waals surface area contributed by atoms with Gasteiger partial charge in [-0.25, -0.2) is 0 Å². The Morgan fingerprint density at radius 3 is 3.18 bits per heavy atom. The van der Waals surface area contributed by atoms with E-state index in [1.54, 1.807) is 7.11 Å². The third kappa shape index (κ3) is 3.08. The minimum Gasteiger partial charge on any atom is -0.464 e. The van der Waals surface area contributed by atoms with E-state index in [9.17, 15) is 0 Å². The van der Waals surface area contributed by atoms with Crippen LogP contribution in [0, 0.1) is 6.92 Å². The average molecular weight is 237 g/mol. The van der Waals surface area contributed by atoms with Crippen molar-refractivity contribution in [1.29, 1.82) is 0 Å². The van der Waals surface area contributed by atoms with Crippen molar-refractivity contribution in [3.05, 3.63) is 23.7 Å². The average Bonchev–Trinajstić information content (AvgIpc) is 2.77. The van der Waals surface area contributed by atoms with Gasteiger partial charge in [-0.15, -0.1) is 0 Å². The number of hydrogen-bond acceptors (Lipinski definition) is 5. The normalized spacial score (nSPS) is 20.1. The molecule has 94 valence electrons. The summed E-state index contributed by atoms with van der Waals surface area (Å²) in [6.07, 6.45) is 0. The van der Waals surface area contributed by atoms with Gasteiger partial charge in [0.15, 0.2) is 0 Å². The van der Waals surface area contributed by atoms with Crippen LogP contribution in [0.2, 0.25) is 0 Å². The Kier molecular flexibility index (Phi) is 4.17. The van der Waals surface area contributed by atoms with E-state index in [2.05, 4.69) is 15.6 Å². The highest BCUT2D eigenvalue weighted by molar-refractivity contribution is 5.88. The molecule has 0 saturated heterocycles. The van der Waals surface area contributed by atoms with Crippen LogP contribution in [0.5, 0.6) is 0 Å². The molecule has 0 bridgehead atoms. The fraction of sp³-hybridized carbons (Fsp3) is 0.583. The first kappa shape index (κ1) is 12.1. The predicted octanol–water partition coefficient (Wildman–Crippen LogP) is 0.867. The quantitative estimate of drug-likeness (QED) is 0.763. The maximum atomic E-state index is 5.64. The lowest BCUT2D eigenvalue weighted by Crippen LogP contribution is -2.43. The monoisotopic (exact) mass is 237 g/mol. The van der Waals surface area contributed by atoms with Crippen molar-refractivity contribution in [3.63, 3.8) is 0 Å². The van der Waals surface area contributed by atoms with Gasteiger partial charge in [0, 0.05) is 20.2 Å². The topological polar surface area (TPSA) is 58.8 Å². The lowest BCUT2D eigenvalue weighted by atomic mass is 10.1. The van der Waals surface area contributed by atoms with Gasteiger partial charge in [0.2, 0.25) is 0 Å². The summed E-state index contributed by atoms with van der Waals surface area (Å²) in [7, 11) is 1.69. The second kappa shape index (κ2) is 5.84. The van der Waals surface area contributed by atoms with E-state index in [-0.39, 0.29) is 6.04 Å². The smallest absolute Gasteiger partial charge is 0.128 e. The molecule has 0 aliphatic carbocycles. The van der Waals surface area contributed by atoms with E-state index in [4.69, 9.17) is 9.15 Å². The van der Waals surface area contributed by atoms with E-state index in [0.29, 0.717) is 6.61 Å². The highest BCUT2D eigenvalue weighted by Crippen LogP contribution is 2.18. The molecule has 0 aromatic carbocycles. The van der Waals surface area contributed by atoms with Crippen LogP contribution in [0.1, 0.15) is 17.6 Å². The van der Waals surface area contributed by atoms with Crippen molar-refractivity contribution in [1.82, 2.24) is 10.6 Å². The molecule has 2 N–H and O–H groups in total. The molecule has 17 heavy (non-hydrogen) atoms. The first-order valence-electron chi connectivity index (χ1n) is 5.88. The molecule has 1 aliphatic heterocycles. The molecule has 0 amide bonds. The van der Waals surface area contributed by atoms with E-state index >= 15 is 0 Å². The largest absolute Gasteiger partial charge is 0.464 e. The van der Waals surface area contributed by atoms with E-state index < -0.39 is 0 Å². The van der Waals surface area contributed by atoms with Gasteiger partial charge in [0.05, 0.1) is 13.2 Å². The van der Waals surface area contributed by atoms with E-state index in [1.807, 2.05) is 19.1 Å². The third-order valence-corrected chi connectivity index (χ3v) is 2.67. The first-order valence-corrected chi connectivity index (χ1v) is 5.88. The fourth-order valence-electron chi connectivity index (χ4n) is 1.86. The lowest BCUT2D eigenvalue weighted by Gasteiger charge is -2.23. The van der Waals surface area contributed by atoms with E-state index in [0.717, 1.165) is 37.0 Å². The predicted molar refractivity (Wildman–Crippen MR) is 66.4 cm³/mol. The number of ether oxygens (including phenoxy) is 1. The minimum atomic E-state index is 0.0364. The number of aryl methyl sites for hydroxylation is 1. The summed E-state index contributed by atoms with van der Waals surface area (Å²) in [5.41, 5.74) is 0. The summed E-state index contributed by atoms with van der Waals surface area (Å²) in [6.45, 7) is 5.04. The third-order valence-electron chi connectivity index (χ3n) is 2.67. The standard InChI is InChI=1S/C12H19N3O2/c1-9-3-4-10(17-9)11-12(14-6-5-13-11)15-7-8-16-2/h3-4,11,13H,5-8H2,1-2H3,(H,14,15). The van der Waals surface area contributed by atoms with E-state index in [1.165, 1.54) is 0 Å². The van der Waals surface area contributed by atoms with Crippen molar-refractivity contribution in [2.24, 2.45) is 4.99 Å². The summed E-state index contributed by atoms with van der Waals surface area (Å²) in [5.74, 6) is 2.76. The van der Waals surface area contributed by atoms with Crippen LogP contribution in [0.3, 0.4) is 0 Å². The Morgan fingerprint density at radius 2 is 2.47 bits per heavy atom. The van der Waals surface area contributed by atoms with Gasteiger partial charge in [0.25, 0.3) is 0 Å². The Bertz CT molecular complexity index is 387. The highest BCUT2D eigenvalue weighted by Gasteiger charge is 2.23. The summed E-state index contributed by atoms with van der Waals surface area (Å²) in [4.78, 5) is 4.50. The SMILES string of the molecule is COCCNC1=NCCNC1c1ccc(C)o1. The molecule has 2 rings (SSSR count). The number of nitrogens with one attached hydrogen (secondary N) is 2. The van der Waals surface area contributed by atoms with Crippen molar-refractivity contribution in [2.45, 2.75) is 13.0 Å². The zero-order valence-electron chi connectivity index (χ0n) is 10.3. The molecule has 2 heterocycles. The Labute approximate surface area is 101 Å². The molecular formula is C12H19N3O2. The molecule has 0 spiro atoms. The van der Waals surface area contributed by atoms with Crippen molar-refractivity contribution < 1.29 is 9.15 Å². The Balaban J connectivity index is 2.03. The van der Waals surface area contributed by atoms with Gasteiger partial charge in [-0.05, 0) is 19.1 Å². The lowest BCUT2D eigenvalue weighted by molar-refractivity contribution is 0.203. The zero-order valence-corrected chi connectivity index (χ0v) is 10.3. The van der Waals surface area contributed by atoms with Crippen LogP contribution >= 0.6 is 0 Å². The molecule has 1 aromatic heterocycles. The molecule has 1 aliphatic rings. The maximum Gasteiger partial charge on any atom is 0.128 e. The Morgan fingerprint density at radius 1 is 1.59 bits per heavy atom. The molecule has 1 atom stereocenters. The number of nitrogens with zero attached hydrogens (tertiary/aromatic N) is 1. The molecule has 5 nitrogen and oxygen atoms in total. The van der Waals surface area contributed by atoms with Gasteiger partial charge >= 0.3 is 0 Å². The van der Waals surface area contributed by atoms with Crippen LogP contribution in [-0.4, -0.2) is 39.2 Å². The minimum absolute atomic E-state index is 0.0364. The second-order valence-electron chi connectivity index (χ2n) is 4.02. The highest BCUT2D eigenvalue weighted by atomic mass is 16.5. The Hall–Kier alpha value is -1.33. The molecular weight excluding hydrogens is 218 g/mol. The zero-order chi connectivity index (χ0) is 12.1. The van der Waals surface area contributed by atoms with Crippen LogP contribution in [0.4, 0.5) is 0 Å². The van der Waals surface area contributed by atoms with Crippen LogP contribution in [-0.2, 0) is 4.74 Å². The summed E-state index contributed by atoms with van der Waals surface area (Å²) in [6, 6.07) is 4.00. The number of furan rings is 1.